The molecular formula is C13H17NO5S. The molecule has 1 aliphatic rings. The van der Waals surface area contributed by atoms with Gasteiger partial charge in [0.15, 0.2) is 21.3 Å². The van der Waals surface area contributed by atoms with Gasteiger partial charge in [0.2, 0.25) is 12.7 Å². The van der Waals surface area contributed by atoms with Gasteiger partial charge in [0.25, 0.3) is 0 Å². The Hall–Kier alpha value is -1.76. The number of carbonyl (C=O) groups is 1. The zero-order chi connectivity index (χ0) is 14.9. The number of hydrogen-bond donors (Lipinski definition) is 0. The highest BCUT2D eigenvalue weighted by atomic mass is 32.2. The first kappa shape index (κ1) is 14.6. The molecule has 1 aromatic carbocycles. The fourth-order valence-corrected chi connectivity index (χ4v) is 2.43. The molecule has 6 nitrogen and oxygen atoms in total. The number of hydrogen-bond acceptors (Lipinski definition) is 5. The molecule has 0 unspecified atom stereocenters. The molecule has 1 aliphatic heterocycles. The van der Waals surface area contributed by atoms with Gasteiger partial charge in [0.05, 0.1) is 0 Å². The minimum Gasteiger partial charge on any atom is -0.454 e. The minimum atomic E-state index is -3.38. The van der Waals surface area contributed by atoms with Crippen LogP contribution in [0.3, 0.4) is 0 Å². The van der Waals surface area contributed by atoms with Crippen LogP contribution >= 0.6 is 0 Å². The predicted molar refractivity (Wildman–Crippen MR) is 73.3 cm³/mol. The Morgan fingerprint density at radius 3 is 2.65 bits per heavy atom. The summed E-state index contributed by atoms with van der Waals surface area (Å²) in [4.78, 5) is 13.4. The highest BCUT2D eigenvalue weighted by Crippen LogP contribution is 2.32. The predicted octanol–water partition coefficient (Wildman–Crippen LogP) is 0.807. The molecule has 0 fully saturated rings. The van der Waals surface area contributed by atoms with Crippen LogP contribution in [0.4, 0.5) is 0 Å². The maximum absolute atomic E-state index is 12.0. The smallest absolute Gasteiger partial charge is 0.240 e. The molecule has 110 valence electrons. The Labute approximate surface area is 118 Å². The summed E-state index contributed by atoms with van der Waals surface area (Å²) in [6.45, 7) is 1.90. The van der Waals surface area contributed by atoms with Gasteiger partial charge in [-0.3, -0.25) is 4.79 Å². The summed E-state index contributed by atoms with van der Waals surface area (Å²) < 4.78 is 33.3. The summed E-state index contributed by atoms with van der Waals surface area (Å²) >= 11 is 0. The topological polar surface area (TPSA) is 72.9 Å². The summed E-state index contributed by atoms with van der Waals surface area (Å²) in [5, 5.41) is -1.04. The highest BCUT2D eigenvalue weighted by molar-refractivity contribution is 7.92. The zero-order valence-electron chi connectivity index (χ0n) is 11.6. The lowest BCUT2D eigenvalue weighted by atomic mass is 10.2. The largest absolute Gasteiger partial charge is 0.454 e. The third-order valence-electron chi connectivity index (χ3n) is 3.22. The Morgan fingerprint density at radius 2 is 2.00 bits per heavy atom. The normalized spacial score (nSPS) is 14.9. The SMILES string of the molecule is C[C@@H](C(=O)N(C)Cc1ccc2c(c1)OCO2)S(C)(=O)=O. The Balaban J connectivity index is 2.08. The lowest BCUT2D eigenvalue weighted by Crippen LogP contribution is -2.38. The van der Waals surface area contributed by atoms with E-state index in [9.17, 15) is 13.2 Å². The van der Waals surface area contributed by atoms with Crippen LogP contribution in [0.15, 0.2) is 18.2 Å². The third kappa shape index (κ3) is 3.04. The van der Waals surface area contributed by atoms with Crippen molar-refractivity contribution in [1.29, 1.82) is 0 Å². The van der Waals surface area contributed by atoms with E-state index in [2.05, 4.69) is 0 Å². The van der Waals surface area contributed by atoms with Crippen LogP contribution in [0.2, 0.25) is 0 Å². The first-order chi connectivity index (χ1) is 9.29. The molecule has 0 radical (unpaired) electrons. The van der Waals surface area contributed by atoms with Crippen molar-refractivity contribution in [2.45, 2.75) is 18.7 Å². The number of amides is 1. The highest BCUT2D eigenvalue weighted by Gasteiger charge is 2.26. The Kier molecular flexibility index (Phi) is 3.89. The Bertz CT molecular complexity index is 626. The summed E-state index contributed by atoms with van der Waals surface area (Å²) in [6.07, 6.45) is 1.06. The van der Waals surface area contributed by atoms with Crippen molar-refractivity contribution in [3.8, 4) is 11.5 Å². The second-order valence-electron chi connectivity index (χ2n) is 4.85. The number of rotatable bonds is 4. The van der Waals surface area contributed by atoms with E-state index >= 15 is 0 Å². The maximum atomic E-state index is 12.0. The van der Waals surface area contributed by atoms with Crippen LogP contribution < -0.4 is 9.47 Å². The number of nitrogens with zero attached hydrogens (tertiary/aromatic N) is 1. The average molecular weight is 299 g/mol. The first-order valence-corrected chi connectivity index (χ1v) is 8.07. The summed E-state index contributed by atoms with van der Waals surface area (Å²) in [7, 11) is -1.81. The molecule has 0 N–H and O–H groups in total. The summed E-state index contributed by atoms with van der Waals surface area (Å²) in [6, 6.07) is 5.38. The van der Waals surface area contributed by atoms with Gasteiger partial charge >= 0.3 is 0 Å². The van der Waals surface area contributed by atoms with Crippen molar-refractivity contribution < 1.29 is 22.7 Å². The second-order valence-corrected chi connectivity index (χ2v) is 7.22. The molecular weight excluding hydrogens is 282 g/mol. The Morgan fingerprint density at radius 1 is 1.35 bits per heavy atom. The molecule has 1 atom stereocenters. The fourth-order valence-electron chi connectivity index (χ4n) is 1.88. The van der Waals surface area contributed by atoms with Gasteiger partial charge < -0.3 is 14.4 Å². The van der Waals surface area contributed by atoms with E-state index < -0.39 is 21.0 Å². The number of carbonyl (C=O) groups excluding carboxylic acids is 1. The van der Waals surface area contributed by atoms with Gasteiger partial charge in [-0.2, -0.15) is 0 Å². The number of ether oxygens (including phenoxy) is 2. The van der Waals surface area contributed by atoms with E-state index in [-0.39, 0.29) is 6.79 Å². The fraction of sp³-hybridized carbons (Fsp3) is 0.462. The standard InChI is InChI=1S/C13H17NO5S/c1-9(20(3,16)17)13(15)14(2)7-10-4-5-11-12(6-10)19-8-18-11/h4-6,9H,7-8H2,1-3H3/t9-/m0/s1. The van der Waals surface area contributed by atoms with Gasteiger partial charge in [-0.1, -0.05) is 6.07 Å². The molecule has 0 aliphatic carbocycles. The minimum absolute atomic E-state index is 0.193. The van der Waals surface area contributed by atoms with Crippen molar-refractivity contribution in [3.05, 3.63) is 23.8 Å². The second kappa shape index (κ2) is 5.32. The first-order valence-electron chi connectivity index (χ1n) is 6.11. The monoisotopic (exact) mass is 299 g/mol. The van der Waals surface area contributed by atoms with E-state index in [0.29, 0.717) is 18.0 Å². The summed E-state index contributed by atoms with van der Waals surface area (Å²) in [5.74, 6) is 0.886. The average Bonchev–Trinajstić information content (AvgIpc) is 2.83. The van der Waals surface area contributed by atoms with Gasteiger partial charge in [-0.15, -0.1) is 0 Å². The van der Waals surface area contributed by atoms with Gasteiger partial charge in [-0.25, -0.2) is 8.42 Å². The molecule has 0 spiro atoms. The molecule has 0 bridgehead atoms. The number of fused-ring (bicyclic) bond motifs is 1. The lowest BCUT2D eigenvalue weighted by Gasteiger charge is -2.20. The maximum Gasteiger partial charge on any atom is 0.240 e. The van der Waals surface area contributed by atoms with Crippen molar-refractivity contribution >= 4 is 15.7 Å². The van der Waals surface area contributed by atoms with Crippen molar-refractivity contribution in [3.63, 3.8) is 0 Å². The van der Waals surface area contributed by atoms with Gasteiger partial charge in [0, 0.05) is 19.8 Å². The molecule has 1 heterocycles. The van der Waals surface area contributed by atoms with E-state index in [0.717, 1.165) is 11.8 Å². The van der Waals surface area contributed by atoms with Crippen LogP contribution in [0.1, 0.15) is 12.5 Å². The van der Waals surface area contributed by atoms with Crippen LogP contribution in [0.5, 0.6) is 11.5 Å². The molecule has 2 rings (SSSR count). The van der Waals surface area contributed by atoms with Crippen LogP contribution in [0, 0.1) is 0 Å². The molecule has 0 saturated carbocycles. The van der Waals surface area contributed by atoms with Crippen LogP contribution in [-0.2, 0) is 21.2 Å². The van der Waals surface area contributed by atoms with E-state index in [1.807, 2.05) is 6.07 Å². The quantitative estimate of drug-likeness (QED) is 0.822. The number of benzene rings is 1. The lowest BCUT2D eigenvalue weighted by molar-refractivity contribution is -0.129. The van der Waals surface area contributed by atoms with E-state index in [1.165, 1.54) is 11.8 Å². The van der Waals surface area contributed by atoms with Crippen LogP contribution in [0.25, 0.3) is 0 Å². The zero-order valence-corrected chi connectivity index (χ0v) is 12.4. The van der Waals surface area contributed by atoms with Gasteiger partial charge in [0.1, 0.15) is 5.25 Å². The molecule has 7 heteroatoms. The van der Waals surface area contributed by atoms with Crippen molar-refractivity contribution in [1.82, 2.24) is 4.90 Å². The van der Waals surface area contributed by atoms with Crippen molar-refractivity contribution in [2.24, 2.45) is 0 Å². The molecule has 1 amide bonds. The third-order valence-corrected chi connectivity index (χ3v) is 4.71. The van der Waals surface area contributed by atoms with E-state index in [1.54, 1.807) is 19.2 Å². The molecule has 0 aromatic heterocycles. The van der Waals surface area contributed by atoms with Crippen molar-refractivity contribution in [2.75, 3.05) is 20.1 Å². The van der Waals surface area contributed by atoms with E-state index in [4.69, 9.17) is 9.47 Å². The number of sulfone groups is 1. The van der Waals surface area contributed by atoms with Crippen LogP contribution in [-0.4, -0.2) is 44.6 Å². The van der Waals surface area contributed by atoms with Gasteiger partial charge in [-0.05, 0) is 24.6 Å². The molecule has 20 heavy (non-hydrogen) atoms. The summed E-state index contributed by atoms with van der Waals surface area (Å²) in [5.41, 5.74) is 0.853. The molecule has 0 saturated heterocycles. The molecule has 1 aromatic rings.